The molecule has 0 atom stereocenters. The molecule has 1 aliphatic rings. The molecule has 0 aliphatic heterocycles. The first-order valence-electron chi connectivity index (χ1n) is 8.20. The maximum Gasteiger partial charge on any atom is 0.238 e. The summed E-state index contributed by atoms with van der Waals surface area (Å²) in [6, 6.07) is 0. The van der Waals surface area contributed by atoms with Crippen molar-refractivity contribution < 1.29 is 9.59 Å². The smallest absolute Gasteiger partial charge is 0.238 e. The van der Waals surface area contributed by atoms with Crippen molar-refractivity contribution in [2.75, 3.05) is 40.3 Å². The highest BCUT2D eigenvalue weighted by molar-refractivity contribution is 6.07. The van der Waals surface area contributed by atoms with Crippen molar-refractivity contribution in [2.24, 2.45) is 5.41 Å². The fourth-order valence-corrected chi connectivity index (χ4v) is 2.59. The van der Waals surface area contributed by atoms with Crippen LogP contribution in [0, 0.1) is 5.41 Å². The van der Waals surface area contributed by atoms with Gasteiger partial charge in [-0.1, -0.05) is 13.8 Å². The zero-order valence-electron chi connectivity index (χ0n) is 14.1. The first-order chi connectivity index (χ1) is 9.97. The maximum atomic E-state index is 12.6. The van der Waals surface area contributed by atoms with Gasteiger partial charge in [0, 0.05) is 19.6 Å². The number of hydrogen-bond acceptors (Lipinski definition) is 3. The highest BCUT2D eigenvalue weighted by Crippen LogP contribution is 2.47. The standard InChI is InChI=1S/C16H31N3O2/c1-5-11-19(12-6-2)15(21)16(8-9-16)14(20)17-10-7-13-18(3)4/h5-13H2,1-4H3,(H,17,20). The molecule has 0 radical (unpaired) electrons. The van der Waals surface area contributed by atoms with E-state index in [4.69, 9.17) is 0 Å². The molecule has 2 amide bonds. The normalized spacial score (nSPS) is 15.9. The summed E-state index contributed by atoms with van der Waals surface area (Å²) in [6.45, 7) is 7.23. The number of nitrogens with zero attached hydrogens (tertiary/aromatic N) is 2. The number of nitrogens with one attached hydrogen (secondary N) is 1. The zero-order valence-corrected chi connectivity index (χ0v) is 14.1. The SMILES string of the molecule is CCCN(CCC)C(=O)C1(C(=O)NCCCN(C)C)CC1. The lowest BCUT2D eigenvalue weighted by Crippen LogP contribution is -2.46. The molecule has 1 saturated carbocycles. The first kappa shape index (κ1) is 18.0. The number of carbonyl (C=O) groups excluding carboxylic acids is 2. The summed E-state index contributed by atoms with van der Waals surface area (Å²) in [5.41, 5.74) is -0.748. The molecule has 0 aromatic carbocycles. The average Bonchev–Trinajstić information content (AvgIpc) is 3.23. The van der Waals surface area contributed by atoms with E-state index < -0.39 is 5.41 Å². The van der Waals surface area contributed by atoms with E-state index in [2.05, 4.69) is 24.1 Å². The summed E-state index contributed by atoms with van der Waals surface area (Å²) in [5.74, 6) is -0.0280. The van der Waals surface area contributed by atoms with E-state index >= 15 is 0 Å². The molecule has 21 heavy (non-hydrogen) atoms. The lowest BCUT2D eigenvalue weighted by atomic mass is 10.0. The number of amides is 2. The van der Waals surface area contributed by atoms with Crippen LogP contribution in [0.15, 0.2) is 0 Å². The van der Waals surface area contributed by atoms with Gasteiger partial charge >= 0.3 is 0 Å². The molecule has 0 aromatic heterocycles. The van der Waals surface area contributed by atoms with Crippen molar-refractivity contribution in [3.05, 3.63) is 0 Å². The summed E-state index contributed by atoms with van der Waals surface area (Å²) in [6.07, 6.45) is 4.19. The Bertz CT molecular complexity index is 345. The highest BCUT2D eigenvalue weighted by Gasteiger charge is 2.57. The minimum Gasteiger partial charge on any atom is -0.355 e. The van der Waals surface area contributed by atoms with Gasteiger partial charge in [0.05, 0.1) is 0 Å². The van der Waals surface area contributed by atoms with Crippen LogP contribution in [0.5, 0.6) is 0 Å². The van der Waals surface area contributed by atoms with Gasteiger partial charge in [-0.25, -0.2) is 0 Å². The third-order valence-electron chi connectivity index (χ3n) is 3.94. The molecule has 1 N–H and O–H groups in total. The van der Waals surface area contributed by atoms with Gasteiger partial charge in [0.25, 0.3) is 0 Å². The minimum atomic E-state index is -0.748. The van der Waals surface area contributed by atoms with Crippen LogP contribution in [0.25, 0.3) is 0 Å². The Morgan fingerprint density at radius 3 is 2.05 bits per heavy atom. The van der Waals surface area contributed by atoms with Crippen LogP contribution in [0.4, 0.5) is 0 Å². The van der Waals surface area contributed by atoms with Crippen molar-refractivity contribution in [1.29, 1.82) is 0 Å². The maximum absolute atomic E-state index is 12.6. The molecule has 5 nitrogen and oxygen atoms in total. The fraction of sp³-hybridized carbons (Fsp3) is 0.875. The average molecular weight is 297 g/mol. The predicted molar refractivity (Wildman–Crippen MR) is 85.0 cm³/mol. The first-order valence-corrected chi connectivity index (χ1v) is 8.20. The fourth-order valence-electron chi connectivity index (χ4n) is 2.59. The van der Waals surface area contributed by atoms with Gasteiger partial charge < -0.3 is 15.1 Å². The van der Waals surface area contributed by atoms with E-state index in [1.54, 1.807) is 0 Å². The highest BCUT2D eigenvalue weighted by atomic mass is 16.2. The van der Waals surface area contributed by atoms with Crippen LogP contribution in [-0.2, 0) is 9.59 Å². The topological polar surface area (TPSA) is 52.7 Å². The number of carbonyl (C=O) groups is 2. The van der Waals surface area contributed by atoms with E-state index in [1.807, 2.05) is 19.0 Å². The zero-order chi connectivity index (χ0) is 15.9. The molecule has 0 spiro atoms. The van der Waals surface area contributed by atoms with Gasteiger partial charge in [-0.05, 0) is 52.7 Å². The summed E-state index contributed by atoms with van der Waals surface area (Å²) in [5, 5.41) is 2.95. The van der Waals surface area contributed by atoms with E-state index in [9.17, 15) is 9.59 Å². The van der Waals surface area contributed by atoms with Crippen molar-refractivity contribution in [3.63, 3.8) is 0 Å². The van der Waals surface area contributed by atoms with Crippen LogP contribution in [-0.4, -0.2) is 61.9 Å². The molecule has 122 valence electrons. The Kier molecular flexibility index (Phi) is 7.15. The van der Waals surface area contributed by atoms with Gasteiger partial charge in [0.2, 0.25) is 11.8 Å². The molecular formula is C16H31N3O2. The monoisotopic (exact) mass is 297 g/mol. The summed E-state index contributed by atoms with van der Waals surface area (Å²) >= 11 is 0. The quantitative estimate of drug-likeness (QED) is 0.491. The van der Waals surface area contributed by atoms with Crippen molar-refractivity contribution in [2.45, 2.75) is 46.0 Å². The molecular weight excluding hydrogens is 266 g/mol. The van der Waals surface area contributed by atoms with Crippen molar-refractivity contribution >= 4 is 11.8 Å². The lowest BCUT2D eigenvalue weighted by Gasteiger charge is -2.26. The van der Waals surface area contributed by atoms with Crippen molar-refractivity contribution in [1.82, 2.24) is 15.1 Å². The molecule has 1 fully saturated rings. The summed E-state index contributed by atoms with van der Waals surface area (Å²) < 4.78 is 0. The minimum absolute atomic E-state index is 0.0382. The lowest BCUT2D eigenvalue weighted by molar-refractivity contribution is -0.144. The molecule has 0 heterocycles. The Morgan fingerprint density at radius 1 is 1.05 bits per heavy atom. The third kappa shape index (κ3) is 4.99. The molecule has 0 aromatic rings. The molecule has 5 heteroatoms. The number of rotatable bonds is 10. The van der Waals surface area contributed by atoms with Crippen LogP contribution in [0.3, 0.4) is 0 Å². The molecule has 0 saturated heterocycles. The van der Waals surface area contributed by atoms with Gasteiger partial charge in [-0.3, -0.25) is 9.59 Å². The largest absolute Gasteiger partial charge is 0.355 e. The van der Waals surface area contributed by atoms with Gasteiger partial charge in [0.1, 0.15) is 5.41 Å². The Hall–Kier alpha value is -1.10. The van der Waals surface area contributed by atoms with Crippen LogP contribution in [0.2, 0.25) is 0 Å². The molecule has 0 unspecified atom stereocenters. The van der Waals surface area contributed by atoms with E-state index in [-0.39, 0.29) is 11.8 Å². The van der Waals surface area contributed by atoms with Crippen LogP contribution in [0.1, 0.15) is 46.0 Å². The molecule has 1 rings (SSSR count). The van der Waals surface area contributed by atoms with Crippen molar-refractivity contribution in [3.8, 4) is 0 Å². The third-order valence-corrected chi connectivity index (χ3v) is 3.94. The van der Waals surface area contributed by atoms with Crippen LogP contribution >= 0.6 is 0 Å². The summed E-state index contributed by atoms with van der Waals surface area (Å²) in [7, 11) is 4.03. The van der Waals surface area contributed by atoms with E-state index in [1.165, 1.54) is 0 Å². The van der Waals surface area contributed by atoms with Gasteiger partial charge in [-0.15, -0.1) is 0 Å². The number of hydrogen-bond donors (Lipinski definition) is 1. The van der Waals surface area contributed by atoms with Crippen LogP contribution < -0.4 is 5.32 Å². The second-order valence-electron chi connectivity index (χ2n) is 6.29. The Morgan fingerprint density at radius 2 is 1.62 bits per heavy atom. The second-order valence-corrected chi connectivity index (χ2v) is 6.29. The Labute approximate surface area is 129 Å². The second kappa shape index (κ2) is 8.37. The predicted octanol–water partition coefficient (Wildman–Crippen LogP) is 1.48. The summed E-state index contributed by atoms with van der Waals surface area (Å²) in [4.78, 5) is 29.0. The van der Waals surface area contributed by atoms with Gasteiger partial charge in [0.15, 0.2) is 0 Å². The van der Waals surface area contributed by atoms with Gasteiger partial charge in [-0.2, -0.15) is 0 Å². The Balaban J connectivity index is 2.50. The van der Waals surface area contributed by atoms with E-state index in [0.717, 1.165) is 38.9 Å². The molecule has 0 bridgehead atoms. The molecule has 1 aliphatic carbocycles. The van der Waals surface area contributed by atoms with E-state index in [0.29, 0.717) is 19.4 Å².